The lowest BCUT2D eigenvalue weighted by Crippen LogP contribution is -2.39. The number of aromatic nitrogens is 2. The average molecular weight is 310 g/mol. The molecular formula is C15H17ClFN3O. The van der Waals surface area contributed by atoms with Gasteiger partial charge in [-0.1, -0.05) is 17.7 Å². The van der Waals surface area contributed by atoms with Crippen LogP contribution in [0.4, 0.5) is 4.39 Å². The highest BCUT2D eigenvalue weighted by molar-refractivity contribution is 6.31. The van der Waals surface area contributed by atoms with E-state index in [4.69, 9.17) is 11.6 Å². The number of benzene rings is 1. The van der Waals surface area contributed by atoms with Crippen molar-refractivity contribution in [1.29, 1.82) is 0 Å². The van der Waals surface area contributed by atoms with Gasteiger partial charge in [-0.3, -0.25) is 4.79 Å². The van der Waals surface area contributed by atoms with Crippen LogP contribution in [0.2, 0.25) is 5.02 Å². The minimum atomic E-state index is -0.628. The third-order valence-corrected chi connectivity index (χ3v) is 3.58. The van der Waals surface area contributed by atoms with Crippen molar-refractivity contribution in [3.05, 3.63) is 62.5 Å². The van der Waals surface area contributed by atoms with Crippen LogP contribution in [0.15, 0.2) is 29.1 Å². The summed E-state index contributed by atoms with van der Waals surface area (Å²) < 4.78 is 13.8. The van der Waals surface area contributed by atoms with Crippen molar-refractivity contribution in [2.75, 3.05) is 0 Å². The summed E-state index contributed by atoms with van der Waals surface area (Å²) in [6, 6.07) is 5.99. The molecule has 6 heteroatoms. The highest BCUT2D eigenvalue weighted by Gasteiger charge is 2.24. The van der Waals surface area contributed by atoms with Gasteiger partial charge >= 0.3 is 0 Å². The number of H-pyrrole nitrogens is 1. The smallest absolute Gasteiger partial charge is 0.251 e. The van der Waals surface area contributed by atoms with E-state index in [0.29, 0.717) is 22.1 Å². The summed E-state index contributed by atoms with van der Waals surface area (Å²) >= 11 is 6.00. The largest absolute Gasteiger partial charge is 0.309 e. The average Bonchev–Trinajstić information content (AvgIpc) is 2.37. The molecule has 0 amide bonds. The molecule has 1 aromatic heterocycles. The Labute approximate surface area is 127 Å². The van der Waals surface area contributed by atoms with Gasteiger partial charge in [0.1, 0.15) is 11.6 Å². The second-order valence-electron chi connectivity index (χ2n) is 5.41. The summed E-state index contributed by atoms with van der Waals surface area (Å²) in [6.07, 6.45) is 0. The first kappa shape index (κ1) is 15.7. The zero-order valence-electron chi connectivity index (χ0n) is 12.1. The van der Waals surface area contributed by atoms with Crippen molar-refractivity contribution >= 4 is 11.6 Å². The summed E-state index contributed by atoms with van der Waals surface area (Å²) in [6.45, 7) is 5.71. The van der Waals surface area contributed by atoms with Crippen molar-refractivity contribution in [2.45, 2.75) is 32.9 Å². The van der Waals surface area contributed by atoms with Crippen molar-refractivity contribution in [3.8, 4) is 0 Å². The number of aromatic amines is 1. The van der Waals surface area contributed by atoms with Crippen LogP contribution in [0.3, 0.4) is 0 Å². The second-order valence-corrected chi connectivity index (χ2v) is 5.82. The molecule has 0 aliphatic carbocycles. The molecule has 0 fully saturated rings. The molecule has 2 aromatic rings. The van der Waals surface area contributed by atoms with Crippen LogP contribution in [0, 0.1) is 12.7 Å². The van der Waals surface area contributed by atoms with E-state index in [0.717, 1.165) is 0 Å². The molecule has 2 N–H and O–H groups in total. The Morgan fingerprint density at radius 2 is 2.14 bits per heavy atom. The van der Waals surface area contributed by atoms with E-state index in [-0.39, 0.29) is 17.9 Å². The molecule has 0 aliphatic rings. The third-order valence-electron chi connectivity index (χ3n) is 3.23. The molecule has 21 heavy (non-hydrogen) atoms. The van der Waals surface area contributed by atoms with Gasteiger partial charge in [0.25, 0.3) is 5.56 Å². The Balaban J connectivity index is 2.23. The quantitative estimate of drug-likeness (QED) is 0.913. The summed E-state index contributed by atoms with van der Waals surface area (Å²) in [5, 5.41) is 3.54. The first-order valence-corrected chi connectivity index (χ1v) is 6.94. The van der Waals surface area contributed by atoms with Gasteiger partial charge in [0, 0.05) is 28.9 Å². The Bertz CT molecular complexity index is 692. The van der Waals surface area contributed by atoms with Crippen molar-refractivity contribution in [3.63, 3.8) is 0 Å². The first-order valence-electron chi connectivity index (χ1n) is 6.56. The number of halogens is 2. The topological polar surface area (TPSA) is 57.8 Å². The maximum atomic E-state index is 13.8. The maximum absolute atomic E-state index is 13.8. The number of aryl methyl sites for hydroxylation is 1. The molecule has 0 unspecified atom stereocenters. The third kappa shape index (κ3) is 3.68. The predicted molar refractivity (Wildman–Crippen MR) is 80.9 cm³/mol. The van der Waals surface area contributed by atoms with Crippen LogP contribution in [0.5, 0.6) is 0 Å². The van der Waals surface area contributed by atoms with Gasteiger partial charge in [0.2, 0.25) is 0 Å². The number of rotatable bonds is 4. The van der Waals surface area contributed by atoms with E-state index in [2.05, 4.69) is 15.3 Å². The van der Waals surface area contributed by atoms with Crippen molar-refractivity contribution < 1.29 is 4.39 Å². The molecule has 0 bridgehead atoms. The van der Waals surface area contributed by atoms with Crippen molar-refractivity contribution in [1.82, 2.24) is 15.3 Å². The van der Waals surface area contributed by atoms with Crippen LogP contribution in [0.25, 0.3) is 0 Å². The zero-order chi connectivity index (χ0) is 15.6. The molecular weight excluding hydrogens is 293 g/mol. The summed E-state index contributed by atoms with van der Waals surface area (Å²) in [4.78, 5) is 18.6. The van der Waals surface area contributed by atoms with E-state index >= 15 is 0 Å². The molecule has 1 aromatic carbocycles. The fraction of sp³-hybridized carbons (Fsp3) is 0.333. The second kappa shape index (κ2) is 5.95. The highest BCUT2D eigenvalue weighted by atomic mass is 35.5. The number of nitrogens with one attached hydrogen (secondary N) is 2. The first-order chi connectivity index (χ1) is 9.79. The summed E-state index contributed by atoms with van der Waals surface area (Å²) in [7, 11) is 0. The molecule has 0 aliphatic heterocycles. The Morgan fingerprint density at radius 3 is 2.76 bits per heavy atom. The molecule has 0 spiro atoms. The highest BCUT2D eigenvalue weighted by Crippen LogP contribution is 2.21. The summed E-state index contributed by atoms with van der Waals surface area (Å²) in [5.74, 6) is 0.136. The Kier molecular flexibility index (Phi) is 4.44. The van der Waals surface area contributed by atoms with Crippen LogP contribution < -0.4 is 10.9 Å². The van der Waals surface area contributed by atoms with Gasteiger partial charge in [0.05, 0.1) is 5.54 Å². The van der Waals surface area contributed by atoms with E-state index in [1.807, 2.05) is 13.8 Å². The normalized spacial score (nSPS) is 11.7. The van der Waals surface area contributed by atoms with Crippen LogP contribution in [-0.4, -0.2) is 9.97 Å². The van der Waals surface area contributed by atoms with Crippen LogP contribution in [0.1, 0.15) is 30.9 Å². The monoisotopic (exact) mass is 309 g/mol. The molecule has 112 valence electrons. The number of hydrogen-bond acceptors (Lipinski definition) is 3. The van der Waals surface area contributed by atoms with Gasteiger partial charge in [-0.2, -0.15) is 0 Å². The van der Waals surface area contributed by atoms with Gasteiger partial charge in [-0.05, 0) is 32.9 Å². The minimum Gasteiger partial charge on any atom is -0.309 e. The standard InChI is InChI=1S/C15H17ClFN3O/c1-9-7-13(21)20-14(19-9)15(2,3)18-8-10-11(16)5-4-6-12(10)17/h4-7,18H,8H2,1-3H3,(H,19,20,21). The number of hydrogen-bond donors (Lipinski definition) is 2. The molecule has 0 saturated carbocycles. The van der Waals surface area contributed by atoms with Crippen LogP contribution >= 0.6 is 11.6 Å². The van der Waals surface area contributed by atoms with E-state index in [1.54, 1.807) is 19.1 Å². The van der Waals surface area contributed by atoms with E-state index < -0.39 is 5.54 Å². The molecule has 0 radical (unpaired) electrons. The molecule has 2 rings (SSSR count). The van der Waals surface area contributed by atoms with Gasteiger partial charge in [-0.15, -0.1) is 0 Å². The predicted octanol–water partition coefficient (Wildman–Crippen LogP) is 2.90. The lowest BCUT2D eigenvalue weighted by atomic mass is 10.0. The Morgan fingerprint density at radius 1 is 1.43 bits per heavy atom. The molecule has 1 heterocycles. The lowest BCUT2D eigenvalue weighted by Gasteiger charge is -2.26. The number of nitrogens with zero attached hydrogens (tertiary/aromatic N) is 1. The lowest BCUT2D eigenvalue weighted by molar-refractivity contribution is 0.372. The van der Waals surface area contributed by atoms with Gasteiger partial charge < -0.3 is 10.3 Å². The molecule has 0 saturated heterocycles. The Hall–Kier alpha value is -1.72. The minimum absolute atomic E-state index is 0.212. The zero-order valence-corrected chi connectivity index (χ0v) is 12.9. The summed E-state index contributed by atoms with van der Waals surface area (Å²) in [5.41, 5.74) is 0.183. The van der Waals surface area contributed by atoms with Crippen LogP contribution in [-0.2, 0) is 12.1 Å². The van der Waals surface area contributed by atoms with E-state index in [1.165, 1.54) is 12.1 Å². The molecule has 4 nitrogen and oxygen atoms in total. The van der Waals surface area contributed by atoms with Crippen molar-refractivity contribution in [2.24, 2.45) is 0 Å². The van der Waals surface area contributed by atoms with E-state index in [9.17, 15) is 9.18 Å². The van der Waals surface area contributed by atoms with Gasteiger partial charge in [-0.25, -0.2) is 9.37 Å². The molecule has 0 atom stereocenters. The fourth-order valence-corrected chi connectivity index (χ4v) is 2.20. The van der Waals surface area contributed by atoms with Gasteiger partial charge in [0.15, 0.2) is 0 Å². The maximum Gasteiger partial charge on any atom is 0.251 e. The fourth-order valence-electron chi connectivity index (χ4n) is 1.97. The SMILES string of the molecule is Cc1cc(=O)[nH]c(C(C)(C)NCc2c(F)cccc2Cl)n1.